The summed E-state index contributed by atoms with van der Waals surface area (Å²) < 4.78 is 5.49. The number of allylic oxidation sites excluding steroid dienone is 3. The highest BCUT2D eigenvalue weighted by molar-refractivity contribution is 4.87. The van der Waals surface area contributed by atoms with Crippen molar-refractivity contribution < 1.29 is 9.84 Å². The van der Waals surface area contributed by atoms with Gasteiger partial charge in [0.1, 0.15) is 6.61 Å². The highest BCUT2D eigenvalue weighted by Crippen LogP contribution is 2.03. The molecule has 1 radical (unpaired) electrons. The first kappa shape index (κ1) is 17.1. The number of hydrogen-bond donors (Lipinski definition) is 0. The van der Waals surface area contributed by atoms with E-state index >= 15 is 0 Å². The lowest BCUT2D eigenvalue weighted by Gasteiger charge is -2.00. The molecule has 103 valence electrons. The zero-order valence-electron chi connectivity index (χ0n) is 11.5. The number of ether oxygens (including phenoxy) is 1. The molecule has 0 aliphatic rings. The van der Waals surface area contributed by atoms with Gasteiger partial charge >= 0.3 is 0 Å². The molecule has 0 aromatic carbocycles. The van der Waals surface area contributed by atoms with E-state index in [9.17, 15) is 5.11 Å². The fourth-order valence-corrected chi connectivity index (χ4v) is 1.56. The SMILES string of the molecule is C=CCCCCCCOCC=CCCC=CC[O]. The van der Waals surface area contributed by atoms with Crippen LogP contribution in [0, 0.1) is 0 Å². The molecule has 18 heavy (non-hydrogen) atoms. The summed E-state index contributed by atoms with van der Waals surface area (Å²) in [5.41, 5.74) is 0. The van der Waals surface area contributed by atoms with Crippen LogP contribution in [0.25, 0.3) is 0 Å². The quantitative estimate of drug-likeness (QED) is 0.351. The maximum absolute atomic E-state index is 10.1. The molecular formula is C16H27O2. The molecule has 0 amide bonds. The zero-order chi connectivity index (χ0) is 13.3. The van der Waals surface area contributed by atoms with E-state index in [1.807, 2.05) is 12.2 Å². The molecule has 0 saturated carbocycles. The van der Waals surface area contributed by atoms with Crippen LogP contribution in [0.1, 0.15) is 44.9 Å². The zero-order valence-corrected chi connectivity index (χ0v) is 11.5. The van der Waals surface area contributed by atoms with Crippen LogP contribution in [0.2, 0.25) is 0 Å². The molecule has 0 rings (SSSR count). The van der Waals surface area contributed by atoms with Gasteiger partial charge in [-0.1, -0.05) is 43.2 Å². The molecule has 0 aliphatic heterocycles. The number of unbranched alkanes of at least 4 members (excludes halogenated alkanes) is 5. The summed E-state index contributed by atoms with van der Waals surface area (Å²) in [4.78, 5) is 0. The molecule has 2 nitrogen and oxygen atoms in total. The van der Waals surface area contributed by atoms with Gasteiger partial charge in [0.05, 0.1) is 6.61 Å². The molecule has 0 bridgehead atoms. The van der Waals surface area contributed by atoms with Crippen LogP contribution < -0.4 is 0 Å². The van der Waals surface area contributed by atoms with Crippen molar-refractivity contribution in [2.45, 2.75) is 44.9 Å². The Hall–Kier alpha value is -0.860. The van der Waals surface area contributed by atoms with Gasteiger partial charge in [0.15, 0.2) is 0 Å². The maximum atomic E-state index is 10.1. The predicted molar refractivity (Wildman–Crippen MR) is 77.2 cm³/mol. The van der Waals surface area contributed by atoms with Gasteiger partial charge in [-0.2, -0.15) is 0 Å². The molecule has 0 atom stereocenters. The molecular weight excluding hydrogens is 224 g/mol. The Bertz CT molecular complexity index is 219. The normalized spacial score (nSPS) is 11.6. The third-order valence-electron chi connectivity index (χ3n) is 2.59. The minimum atomic E-state index is -0.111. The van der Waals surface area contributed by atoms with Gasteiger partial charge in [-0.05, 0) is 32.1 Å². The summed E-state index contributed by atoms with van der Waals surface area (Å²) in [6.07, 6.45) is 17.7. The Morgan fingerprint density at radius 1 is 0.833 bits per heavy atom. The van der Waals surface area contributed by atoms with Crippen molar-refractivity contribution >= 4 is 0 Å². The van der Waals surface area contributed by atoms with Crippen LogP contribution in [0.5, 0.6) is 0 Å². The number of hydrogen-bond acceptors (Lipinski definition) is 1. The van der Waals surface area contributed by atoms with Crippen LogP contribution in [0.15, 0.2) is 37.0 Å². The molecule has 0 fully saturated rings. The van der Waals surface area contributed by atoms with Crippen molar-refractivity contribution in [1.29, 1.82) is 0 Å². The Kier molecular flexibility index (Phi) is 15.4. The standard InChI is InChI=1S/C16H27O2/c1-2-3-4-5-9-12-15-18-16-13-10-7-6-8-11-14-17/h2,8,10-11,13H,1,3-7,9,12,14-16H2. The van der Waals surface area contributed by atoms with Crippen molar-refractivity contribution in [3.05, 3.63) is 37.0 Å². The van der Waals surface area contributed by atoms with Gasteiger partial charge in [-0.3, -0.25) is 0 Å². The summed E-state index contributed by atoms with van der Waals surface area (Å²) in [5, 5.41) is 10.1. The lowest BCUT2D eigenvalue weighted by molar-refractivity contribution is 0.157. The van der Waals surface area contributed by atoms with Crippen LogP contribution >= 0.6 is 0 Å². The van der Waals surface area contributed by atoms with Gasteiger partial charge in [0.2, 0.25) is 0 Å². The second-order valence-corrected chi connectivity index (χ2v) is 4.25. The van der Waals surface area contributed by atoms with Gasteiger partial charge < -0.3 is 4.74 Å². The summed E-state index contributed by atoms with van der Waals surface area (Å²) in [5.74, 6) is 0. The van der Waals surface area contributed by atoms with E-state index in [-0.39, 0.29) is 6.61 Å². The van der Waals surface area contributed by atoms with E-state index in [0.29, 0.717) is 6.61 Å². The van der Waals surface area contributed by atoms with Crippen molar-refractivity contribution in [2.75, 3.05) is 19.8 Å². The van der Waals surface area contributed by atoms with E-state index < -0.39 is 0 Å². The molecule has 0 aliphatic carbocycles. The first-order valence-corrected chi connectivity index (χ1v) is 6.98. The smallest absolute Gasteiger partial charge is 0.100 e. The molecule has 0 saturated heterocycles. The molecule has 0 spiro atoms. The van der Waals surface area contributed by atoms with Gasteiger partial charge in [-0.25, -0.2) is 5.11 Å². The third kappa shape index (κ3) is 15.1. The van der Waals surface area contributed by atoms with E-state index in [0.717, 1.165) is 32.3 Å². The molecule has 0 N–H and O–H groups in total. The van der Waals surface area contributed by atoms with Gasteiger partial charge in [0, 0.05) is 6.61 Å². The van der Waals surface area contributed by atoms with Crippen LogP contribution in [-0.2, 0) is 9.84 Å². The molecule has 0 unspecified atom stereocenters. The third-order valence-corrected chi connectivity index (χ3v) is 2.59. The van der Waals surface area contributed by atoms with Crippen LogP contribution in [0.3, 0.4) is 0 Å². The first-order chi connectivity index (χ1) is 8.91. The van der Waals surface area contributed by atoms with E-state index in [1.54, 1.807) is 6.08 Å². The van der Waals surface area contributed by atoms with E-state index in [4.69, 9.17) is 4.74 Å². The van der Waals surface area contributed by atoms with Crippen molar-refractivity contribution in [3.8, 4) is 0 Å². The van der Waals surface area contributed by atoms with Gasteiger partial charge in [0.25, 0.3) is 0 Å². The van der Waals surface area contributed by atoms with Crippen LogP contribution in [0.4, 0.5) is 0 Å². The minimum Gasteiger partial charge on any atom is -0.377 e. The Morgan fingerprint density at radius 2 is 1.56 bits per heavy atom. The second kappa shape index (κ2) is 16.1. The van der Waals surface area contributed by atoms with E-state index in [2.05, 4.69) is 18.7 Å². The summed E-state index contributed by atoms with van der Waals surface area (Å²) in [6, 6.07) is 0. The largest absolute Gasteiger partial charge is 0.377 e. The molecule has 2 heteroatoms. The van der Waals surface area contributed by atoms with Crippen LogP contribution in [-0.4, -0.2) is 19.8 Å². The fourth-order valence-electron chi connectivity index (χ4n) is 1.56. The summed E-state index contributed by atoms with van der Waals surface area (Å²) in [7, 11) is 0. The Morgan fingerprint density at radius 3 is 2.28 bits per heavy atom. The average molecular weight is 251 g/mol. The van der Waals surface area contributed by atoms with Crippen molar-refractivity contribution in [3.63, 3.8) is 0 Å². The Balaban J connectivity index is 3.08. The molecule has 0 heterocycles. The highest BCUT2D eigenvalue weighted by Gasteiger charge is 1.89. The Labute approximate surface area is 112 Å². The maximum Gasteiger partial charge on any atom is 0.100 e. The van der Waals surface area contributed by atoms with E-state index in [1.165, 1.54) is 19.3 Å². The molecule has 0 aromatic heterocycles. The monoisotopic (exact) mass is 251 g/mol. The van der Waals surface area contributed by atoms with Crippen molar-refractivity contribution in [2.24, 2.45) is 0 Å². The topological polar surface area (TPSA) is 29.1 Å². The fraction of sp³-hybridized carbons (Fsp3) is 0.625. The lowest BCUT2D eigenvalue weighted by Crippen LogP contribution is -1.94. The summed E-state index contributed by atoms with van der Waals surface area (Å²) >= 11 is 0. The second-order valence-electron chi connectivity index (χ2n) is 4.25. The van der Waals surface area contributed by atoms with Crippen molar-refractivity contribution in [1.82, 2.24) is 0 Å². The predicted octanol–water partition coefficient (Wildman–Crippen LogP) is 4.46. The molecule has 0 aromatic rings. The highest BCUT2D eigenvalue weighted by atomic mass is 16.5. The summed E-state index contributed by atoms with van der Waals surface area (Å²) in [6.45, 7) is 5.16. The number of rotatable bonds is 13. The first-order valence-electron chi connectivity index (χ1n) is 6.98. The average Bonchev–Trinajstić information content (AvgIpc) is 2.39. The van der Waals surface area contributed by atoms with Gasteiger partial charge in [-0.15, -0.1) is 6.58 Å². The minimum absolute atomic E-state index is 0.111. The lowest BCUT2D eigenvalue weighted by atomic mass is 10.1.